The van der Waals surface area contributed by atoms with Gasteiger partial charge in [0.15, 0.2) is 5.69 Å². The average molecular weight is 509 g/mol. The number of benzene rings is 2. The molecule has 0 atom stereocenters. The van der Waals surface area contributed by atoms with Gasteiger partial charge in [-0.25, -0.2) is 9.48 Å². The lowest BCUT2D eigenvalue weighted by atomic mass is 9.89. The molecule has 0 aliphatic carbocycles. The molecule has 0 radical (unpaired) electrons. The first-order valence-electron chi connectivity index (χ1n) is 8.87. The van der Waals surface area contributed by atoms with Gasteiger partial charge in [0, 0.05) is 14.2 Å². The normalized spacial score (nSPS) is 14.0. The summed E-state index contributed by atoms with van der Waals surface area (Å²) >= 11 is 8.32. The van der Waals surface area contributed by atoms with Crippen LogP contribution in [0.25, 0.3) is 16.9 Å². The summed E-state index contributed by atoms with van der Waals surface area (Å²) in [6.07, 6.45) is 0. The molecule has 0 amide bonds. The summed E-state index contributed by atoms with van der Waals surface area (Å²) in [5, 5.41) is 5.28. The van der Waals surface area contributed by atoms with Gasteiger partial charge in [-0.3, -0.25) is 0 Å². The molecule has 1 aliphatic heterocycles. The number of hydrogen-bond donors (Lipinski definition) is 0. The zero-order valence-electron chi connectivity index (χ0n) is 15.6. The predicted octanol–water partition coefficient (Wildman–Crippen LogP) is 5.60. The van der Waals surface area contributed by atoms with Crippen LogP contribution in [-0.2, 0) is 10.3 Å². The minimum atomic E-state index is -0.750. The van der Waals surface area contributed by atoms with E-state index in [-0.39, 0.29) is 12.3 Å². The Kier molecular flexibility index (Phi) is 4.87. The molecule has 1 aromatic heterocycles. The molecule has 144 valence electrons. The third-order valence-electron chi connectivity index (χ3n) is 4.59. The fourth-order valence-corrected chi connectivity index (χ4v) is 4.04. The highest BCUT2D eigenvalue weighted by atomic mass is 127. The molecule has 0 saturated carbocycles. The van der Waals surface area contributed by atoms with E-state index in [1.165, 1.54) is 0 Å². The van der Waals surface area contributed by atoms with E-state index in [0.29, 0.717) is 5.02 Å². The Morgan fingerprint density at radius 3 is 2.64 bits per heavy atom. The monoisotopic (exact) mass is 508 g/mol. The zero-order valence-corrected chi connectivity index (χ0v) is 18.5. The highest BCUT2D eigenvalue weighted by Crippen LogP contribution is 2.47. The van der Waals surface area contributed by atoms with Crippen molar-refractivity contribution in [3.05, 3.63) is 62.3 Å². The van der Waals surface area contributed by atoms with Crippen molar-refractivity contribution in [1.29, 1.82) is 0 Å². The van der Waals surface area contributed by atoms with E-state index < -0.39 is 11.6 Å². The van der Waals surface area contributed by atoms with Gasteiger partial charge in [-0.05, 0) is 85.8 Å². The van der Waals surface area contributed by atoms with E-state index in [9.17, 15) is 4.79 Å². The molecule has 28 heavy (non-hydrogen) atoms. The highest BCUT2D eigenvalue weighted by molar-refractivity contribution is 14.1. The third kappa shape index (κ3) is 3.18. The summed E-state index contributed by atoms with van der Waals surface area (Å²) in [6, 6.07) is 13.3. The summed E-state index contributed by atoms with van der Waals surface area (Å²) in [4.78, 5) is 12.7. The second-order valence-corrected chi connectivity index (χ2v) is 8.62. The van der Waals surface area contributed by atoms with Gasteiger partial charge in [0.05, 0.1) is 23.6 Å². The first-order chi connectivity index (χ1) is 13.3. The van der Waals surface area contributed by atoms with Crippen LogP contribution < -0.4 is 4.74 Å². The second kappa shape index (κ2) is 7.08. The Morgan fingerprint density at radius 1 is 1.25 bits per heavy atom. The number of carbonyl (C=O) groups is 1. The van der Waals surface area contributed by atoms with Gasteiger partial charge in [0.25, 0.3) is 0 Å². The van der Waals surface area contributed by atoms with Gasteiger partial charge in [-0.1, -0.05) is 11.6 Å². The molecule has 7 heteroatoms. The van der Waals surface area contributed by atoms with Crippen LogP contribution in [0, 0.1) is 3.57 Å². The lowest BCUT2D eigenvalue weighted by molar-refractivity contribution is 0.0500. The largest absolute Gasteiger partial charge is 0.482 e. The molecule has 4 rings (SSSR count). The van der Waals surface area contributed by atoms with Crippen LogP contribution in [0.5, 0.6) is 5.75 Å². The van der Waals surface area contributed by atoms with Gasteiger partial charge in [-0.15, -0.1) is 0 Å². The van der Waals surface area contributed by atoms with Crippen LogP contribution in [0.15, 0.2) is 42.5 Å². The van der Waals surface area contributed by atoms with Crippen molar-refractivity contribution in [2.24, 2.45) is 0 Å². The first-order valence-corrected chi connectivity index (χ1v) is 10.3. The number of aromatic nitrogens is 2. The first kappa shape index (κ1) is 19.3. The molecule has 1 aliphatic rings. The molecule has 0 fully saturated rings. The quantitative estimate of drug-likeness (QED) is 0.341. The van der Waals surface area contributed by atoms with E-state index in [1.54, 1.807) is 23.7 Å². The van der Waals surface area contributed by atoms with Crippen molar-refractivity contribution in [3.8, 4) is 22.7 Å². The molecule has 0 unspecified atom stereocenters. The summed E-state index contributed by atoms with van der Waals surface area (Å²) in [6.45, 7) is 5.92. The Labute approximate surface area is 181 Å². The van der Waals surface area contributed by atoms with Gasteiger partial charge in [0.1, 0.15) is 11.4 Å². The molecule has 2 aromatic carbocycles. The molecule has 0 spiro atoms. The summed E-state index contributed by atoms with van der Waals surface area (Å²) in [7, 11) is 0. The van der Waals surface area contributed by atoms with Crippen molar-refractivity contribution >= 4 is 40.2 Å². The van der Waals surface area contributed by atoms with Crippen LogP contribution in [-0.4, -0.2) is 22.4 Å². The fourth-order valence-electron chi connectivity index (χ4n) is 3.45. The summed E-state index contributed by atoms with van der Waals surface area (Å²) in [5.74, 6) is 0.298. The number of hydrogen-bond acceptors (Lipinski definition) is 4. The topological polar surface area (TPSA) is 53.3 Å². The standard InChI is InChI=1S/C21H18ClIN2O3/c1-4-27-20(26)18-17-19(25(24-18)14-8-5-12(22)6-9-14)15-10-7-13(23)11-16(15)28-21(17,2)3/h5-11H,4H2,1-3H3. The van der Waals surface area contributed by atoms with Crippen LogP contribution in [0.3, 0.4) is 0 Å². The van der Waals surface area contributed by atoms with Crippen molar-refractivity contribution in [2.75, 3.05) is 6.61 Å². The van der Waals surface area contributed by atoms with Gasteiger partial charge >= 0.3 is 5.97 Å². The Morgan fingerprint density at radius 2 is 1.96 bits per heavy atom. The van der Waals surface area contributed by atoms with Gasteiger partial charge in [0.2, 0.25) is 0 Å². The van der Waals surface area contributed by atoms with E-state index in [4.69, 9.17) is 21.1 Å². The maximum atomic E-state index is 12.7. The van der Waals surface area contributed by atoms with Crippen molar-refractivity contribution in [3.63, 3.8) is 0 Å². The number of carbonyl (C=O) groups excluding carboxylic acids is 1. The third-order valence-corrected chi connectivity index (χ3v) is 5.51. The van der Waals surface area contributed by atoms with E-state index in [0.717, 1.165) is 31.8 Å². The van der Waals surface area contributed by atoms with Gasteiger partial charge in [-0.2, -0.15) is 5.10 Å². The van der Waals surface area contributed by atoms with Crippen LogP contribution >= 0.6 is 34.2 Å². The van der Waals surface area contributed by atoms with E-state index in [1.807, 2.05) is 44.2 Å². The van der Waals surface area contributed by atoms with Crippen LogP contribution in [0.1, 0.15) is 36.8 Å². The Balaban J connectivity index is 2.05. The average Bonchev–Trinajstić information content (AvgIpc) is 3.04. The minimum Gasteiger partial charge on any atom is -0.482 e. The highest BCUT2D eigenvalue weighted by Gasteiger charge is 2.41. The number of halogens is 2. The minimum absolute atomic E-state index is 0.265. The summed E-state index contributed by atoms with van der Waals surface area (Å²) < 4.78 is 14.4. The van der Waals surface area contributed by atoms with Crippen molar-refractivity contribution in [1.82, 2.24) is 9.78 Å². The van der Waals surface area contributed by atoms with Crippen molar-refractivity contribution < 1.29 is 14.3 Å². The van der Waals surface area contributed by atoms with E-state index >= 15 is 0 Å². The Hall–Kier alpha value is -2.06. The molecule has 0 bridgehead atoms. The SMILES string of the molecule is CCOC(=O)c1nn(-c2ccc(Cl)cc2)c2c1C(C)(C)Oc1cc(I)ccc1-2. The van der Waals surface area contributed by atoms with Crippen LogP contribution in [0.4, 0.5) is 0 Å². The number of rotatable bonds is 3. The number of fused-ring (bicyclic) bond motifs is 3. The molecular weight excluding hydrogens is 491 g/mol. The van der Waals surface area contributed by atoms with E-state index in [2.05, 4.69) is 27.7 Å². The van der Waals surface area contributed by atoms with Crippen LogP contribution in [0.2, 0.25) is 5.02 Å². The maximum Gasteiger partial charge on any atom is 0.359 e. The zero-order chi connectivity index (χ0) is 20.1. The molecule has 0 N–H and O–H groups in total. The predicted molar refractivity (Wildman–Crippen MR) is 116 cm³/mol. The number of ether oxygens (including phenoxy) is 2. The molecule has 5 nitrogen and oxygen atoms in total. The van der Waals surface area contributed by atoms with Gasteiger partial charge < -0.3 is 9.47 Å². The molecular formula is C21H18ClIN2O3. The lowest BCUT2D eigenvalue weighted by Crippen LogP contribution is -2.31. The number of esters is 1. The summed E-state index contributed by atoms with van der Waals surface area (Å²) in [5.41, 5.74) is 2.74. The Bertz CT molecular complexity index is 1070. The molecule has 2 heterocycles. The number of nitrogens with zero attached hydrogens (tertiary/aromatic N) is 2. The smallest absolute Gasteiger partial charge is 0.359 e. The second-order valence-electron chi connectivity index (χ2n) is 6.93. The fraction of sp³-hybridized carbons (Fsp3) is 0.238. The van der Waals surface area contributed by atoms with Crippen molar-refractivity contribution in [2.45, 2.75) is 26.4 Å². The lowest BCUT2D eigenvalue weighted by Gasteiger charge is -2.33. The molecule has 3 aromatic rings. The molecule has 0 saturated heterocycles. The maximum absolute atomic E-state index is 12.7.